The predicted octanol–water partition coefficient (Wildman–Crippen LogP) is 2.64. The molecule has 1 fully saturated rings. The van der Waals surface area contributed by atoms with Crippen molar-refractivity contribution in [3.8, 4) is 0 Å². The minimum atomic E-state index is -3.42. The smallest absolute Gasteiger partial charge is 0.244 e. The van der Waals surface area contributed by atoms with Crippen LogP contribution in [0.5, 0.6) is 0 Å². The summed E-state index contributed by atoms with van der Waals surface area (Å²) >= 11 is 0. The summed E-state index contributed by atoms with van der Waals surface area (Å²) < 4.78 is 31.7. The molecular weight excluding hydrogens is 328 g/mol. The molecule has 0 aliphatic carbocycles. The van der Waals surface area contributed by atoms with Gasteiger partial charge in [0.1, 0.15) is 16.5 Å². The lowest BCUT2D eigenvalue weighted by atomic mass is 10.1. The average Bonchev–Trinajstić information content (AvgIpc) is 3.18. The fourth-order valence-electron chi connectivity index (χ4n) is 3.10. The Morgan fingerprint density at radius 3 is 2.50 bits per heavy atom. The molecule has 0 radical (unpaired) electrons. The Balaban J connectivity index is 1.75. The molecule has 0 amide bonds. The molecular formula is C16H22N4O3S. The van der Waals surface area contributed by atoms with E-state index in [0.29, 0.717) is 18.9 Å². The topological polar surface area (TPSA) is 88.3 Å². The largest absolute Gasteiger partial charge is 0.363 e. The predicted molar refractivity (Wildman–Crippen MR) is 90.2 cm³/mol. The summed E-state index contributed by atoms with van der Waals surface area (Å²) in [5.41, 5.74) is 1.83. The Kier molecular flexibility index (Phi) is 4.60. The van der Waals surface area contributed by atoms with Crippen LogP contribution in [0.1, 0.15) is 42.8 Å². The van der Waals surface area contributed by atoms with E-state index in [9.17, 15) is 8.42 Å². The first-order valence-corrected chi connectivity index (χ1v) is 9.49. The highest BCUT2D eigenvalue weighted by molar-refractivity contribution is 7.89. The Bertz CT molecular complexity index is 789. The normalized spacial score (nSPS) is 17.1. The van der Waals surface area contributed by atoms with E-state index in [0.717, 1.165) is 29.9 Å². The van der Waals surface area contributed by atoms with Crippen LogP contribution in [0, 0.1) is 13.8 Å². The quantitative estimate of drug-likeness (QED) is 0.892. The summed E-state index contributed by atoms with van der Waals surface area (Å²) in [4.78, 5) is 4.49. The van der Waals surface area contributed by atoms with Crippen molar-refractivity contribution in [3.05, 3.63) is 35.3 Å². The summed E-state index contributed by atoms with van der Waals surface area (Å²) in [7, 11) is -3.42. The van der Waals surface area contributed by atoms with Gasteiger partial charge >= 0.3 is 0 Å². The molecule has 0 spiro atoms. The maximum atomic E-state index is 12.5. The zero-order chi connectivity index (χ0) is 17.3. The fraction of sp³-hybridized carbons (Fsp3) is 0.500. The molecule has 7 nitrogen and oxygen atoms in total. The zero-order valence-corrected chi connectivity index (χ0v) is 14.9. The molecule has 0 bridgehead atoms. The molecule has 1 aliphatic rings. The minimum absolute atomic E-state index is 0.0372. The summed E-state index contributed by atoms with van der Waals surface area (Å²) in [5.74, 6) is 1.38. The van der Waals surface area contributed by atoms with Crippen molar-refractivity contribution in [2.45, 2.75) is 44.6 Å². The standard InChI is InChI=1S/C16H22N4O3S/c1-11(16-12(2)19-23-13(16)3)18-15-7-6-14(10-17-15)24(21,22)20-8-4-5-9-20/h6-7,10-11H,4-5,8-9H2,1-3H3,(H,17,18). The molecule has 24 heavy (non-hydrogen) atoms. The number of sulfonamides is 1. The van der Waals surface area contributed by atoms with Crippen LogP contribution >= 0.6 is 0 Å². The van der Waals surface area contributed by atoms with Gasteiger partial charge in [0, 0.05) is 24.8 Å². The molecule has 0 saturated carbocycles. The lowest BCUT2D eigenvalue weighted by molar-refractivity contribution is 0.392. The number of nitrogens with one attached hydrogen (secondary N) is 1. The number of hydrogen-bond acceptors (Lipinski definition) is 6. The Morgan fingerprint density at radius 2 is 1.96 bits per heavy atom. The third-order valence-electron chi connectivity index (χ3n) is 4.33. The van der Waals surface area contributed by atoms with E-state index in [1.54, 1.807) is 12.1 Å². The monoisotopic (exact) mass is 350 g/mol. The molecule has 1 atom stereocenters. The summed E-state index contributed by atoms with van der Waals surface area (Å²) in [6.07, 6.45) is 3.25. The van der Waals surface area contributed by atoms with Crippen LogP contribution in [0.2, 0.25) is 0 Å². The van der Waals surface area contributed by atoms with Crippen molar-refractivity contribution in [1.29, 1.82) is 0 Å². The van der Waals surface area contributed by atoms with Gasteiger partial charge in [0.2, 0.25) is 10.0 Å². The van der Waals surface area contributed by atoms with Crippen LogP contribution in [0.25, 0.3) is 0 Å². The van der Waals surface area contributed by atoms with Crippen LogP contribution in [-0.4, -0.2) is 36.0 Å². The van der Waals surface area contributed by atoms with Crippen molar-refractivity contribution in [3.63, 3.8) is 0 Å². The van der Waals surface area contributed by atoms with Crippen LogP contribution in [-0.2, 0) is 10.0 Å². The average molecular weight is 350 g/mol. The molecule has 0 aromatic carbocycles. The molecule has 8 heteroatoms. The number of anilines is 1. The van der Waals surface area contributed by atoms with E-state index >= 15 is 0 Å². The highest BCUT2D eigenvalue weighted by atomic mass is 32.2. The summed E-state index contributed by atoms with van der Waals surface area (Å²) in [6, 6.07) is 3.26. The third kappa shape index (κ3) is 3.16. The summed E-state index contributed by atoms with van der Waals surface area (Å²) in [6.45, 7) is 6.93. The van der Waals surface area contributed by atoms with E-state index in [-0.39, 0.29) is 10.9 Å². The number of rotatable bonds is 5. The van der Waals surface area contributed by atoms with Gasteiger partial charge in [-0.25, -0.2) is 13.4 Å². The van der Waals surface area contributed by atoms with Gasteiger partial charge in [0.05, 0.1) is 11.7 Å². The number of aryl methyl sites for hydroxylation is 2. The number of nitrogens with zero attached hydrogens (tertiary/aromatic N) is 3. The SMILES string of the molecule is Cc1noc(C)c1C(C)Nc1ccc(S(=O)(=O)N2CCCC2)cn1. The van der Waals surface area contributed by atoms with Crippen LogP contribution in [0.4, 0.5) is 5.82 Å². The molecule has 1 aliphatic heterocycles. The first kappa shape index (κ1) is 16.9. The third-order valence-corrected chi connectivity index (χ3v) is 6.21. The van der Waals surface area contributed by atoms with Gasteiger partial charge in [-0.2, -0.15) is 4.31 Å². The van der Waals surface area contributed by atoms with E-state index in [1.807, 2.05) is 20.8 Å². The second-order valence-electron chi connectivity index (χ2n) is 6.09. The van der Waals surface area contributed by atoms with Gasteiger partial charge in [0.25, 0.3) is 0 Å². The minimum Gasteiger partial charge on any atom is -0.363 e. The van der Waals surface area contributed by atoms with E-state index < -0.39 is 10.0 Å². The summed E-state index contributed by atoms with van der Waals surface area (Å²) in [5, 5.41) is 7.20. The van der Waals surface area contributed by atoms with Gasteiger partial charge < -0.3 is 9.84 Å². The molecule has 1 unspecified atom stereocenters. The van der Waals surface area contributed by atoms with Crippen molar-refractivity contribution in [1.82, 2.24) is 14.4 Å². The Morgan fingerprint density at radius 1 is 1.25 bits per heavy atom. The second-order valence-corrected chi connectivity index (χ2v) is 8.03. The van der Waals surface area contributed by atoms with E-state index in [2.05, 4.69) is 15.5 Å². The zero-order valence-electron chi connectivity index (χ0n) is 14.1. The second kappa shape index (κ2) is 6.52. The van der Waals surface area contributed by atoms with Gasteiger partial charge in [-0.15, -0.1) is 0 Å². The van der Waals surface area contributed by atoms with E-state index in [4.69, 9.17) is 4.52 Å². The first-order valence-electron chi connectivity index (χ1n) is 8.05. The number of pyridine rings is 1. The lowest BCUT2D eigenvalue weighted by Gasteiger charge is -2.17. The van der Waals surface area contributed by atoms with E-state index in [1.165, 1.54) is 10.5 Å². The maximum absolute atomic E-state index is 12.5. The molecule has 1 N–H and O–H groups in total. The van der Waals surface area contributed by atoms with Crippen LogP contribution < -0.4 is 5.32 Å². The van der Waals surface area contributed by atoms with Gasteiger partial charge in [-0.1, -0.05) is 5.16 Å². The van der Waals surface area contributed by atoms with Crippen molar-refractivity contribution in [2.75, 3.05) is 18.4 Å². The molecule has 130 valence electrons. The molecule has 1 saturated heterocycles. The van der Waals surface area contributed by atoms with Crippen molar-refractivity contribution < 1.29 is 12.9 Å². The molecule has 3 rings (SSSR count). The molecule has 2 aromatic heterocycles. The lowest BCUT2D eigenvalue weighted by Crippen LogP contribution is -2.27. The highest BCUT2D eigenvalue weighted by Crippen LogP contribution is 2.25. The van der Waals surface area contributed by atoms with Crippen LogP contribution in [0.3, 0.4) is 0 Å². The molecule has 3 heterocycles. The highest BCUT2D eigenvalue weighted by Gasteiger charge is 2.27. The Labute approximate surface area is 142 Å². The molecule has 2 aromatic rings. The Hall–Kier alpha value is -1.93. The first-order chi connectivity index (χ1) is 11.4. The number of aromatic nitrogens is 2. The van der Waals surface area contributed by atoms with Crippen molar-refractivity contribution in [2.24, 2.45) is 0 Å². The number of hydrogen-bond donors (Lipinski definition) is 1. The fourth-order valence-corrected chi connectivity index (χ4v) is 4.56. The van der Waals surface area contributed by atoms with Crippen molar-refractivity contribution >= 4 is 15.8 Å². The van der Waals surface area contributed by atoms with Gasteiger partial charge in [0.15, 0.2) is 0 Å². The maximum Gasteiger partial charge on any atom is 0.244 e. The van der Waals surface area contributed by atoms with Gasteiger partial charge in [-0.05, 0) is 45.7 Å². The van der Waals surface area contributed by atoms with Gasteiger partial charge in [-0.3, -0.25) is 0 Å². The van der Waals surface area contributed by atoms with Crippen LogP contribution in [0.15, 0.2) is 27.7 Å².